The number of furan rings is 1. The number of carbonyl (C=O) groups is 1. The maximum atomic E-state index is 11.6. The molecule has 0 bridgehead atoms. The van der Waals surface area contributed by atoms with Crippen LogP contribution in [0.2, 0.25) is 0 Å². The lowest BCUT2D eigenvalue weighted by Crippen LogP contribution is -2.37. The normalized spacial score (nSPS) is 10.7. The van der Waals surface area contributed by atoms with Gasteiger partial charge in [-0.3, -0.25) is 5.01 Å². The molecule has 0 atom stereocenters. The standard InChI is InChI=1S/C13H17N3O2/c1-7-5-11(15-13(17)16(4)14)9(3)10-6-8(2)18-12(7)10/h5-6H,14H2,1-4H3,(H,15,17). The smallest absolute Gasteiger partial charge is 0.335 e. The molecule has 1 aromatic carbocycles. The first-order chi connectivity index (χ1) is 8.40. The summed E-state index contributed by atoms with van der Waals surface area (Å²) >= 11 is 0. The predicted molar refractivity (Wildman–Crippen MR) is 71.4 cm³/mol. The number of urea groups is 1. The molecule has 0 spiro atoms. The second-order valence-corrected chi connectivity index (χ2v) is 4.51. The van der Waals surface area contributed by atoms with E-state index in [9.17, 15) is 4.79 Å². The van der Waals surface area contributed by atoms with Crippen LogP contribution in [-0.2, 0) is 0 Å². The molecule has 0 fully saturated rings. The van der Waals surface area contributed by atoms with Gasteiger partial charge in [0.1, 0.15) is 11.3 Å². The van der Waals surface area contributed by atoms with Crippen molar-refractivity contribution in [1.29, 1.82) is 0 Å². The first-order valence-corrected chi connectivity index (χ1v) is 5.70. The number of hydrogen-bond acceptors (Lipinski definition) is 3. The lowest BCUT2D eigenvalue weighted by atomic mass is 10.1. The summed E-state index contributed by atoms with van der Waals surface area (Å²) in [4.78, 5) is 11.6. The van der Waals surface area contributed by atoms with Crippen LogP contribution < -0.4 is 11.2 Å². The number of amides is 2. The van der Waals surface area contributed by atoms with Gasteiger partial charge in [0.2, 0.25) is 0 Å². The number of carbonyl (C=O) groups excluding carboxylic acids is 1. The summed E-state index contributed by atoms with van der Waals surface area (Å²) in [5, 5.41) is 4.80. The number of nitrogens with one attached hydrogen (secondary N) is 1. The minimum Gasteiger partial charge on any atom is -0.461 e. The number of hydrazine groups is 1. The Bertz CT molecular complexity index is 614. The number of rotatable bonds is 1. The number of benzene rings is 1. The van der Waals surface area contributed by atoms with E-state index in [1.807, 2.05) is 32.9 Å². The van der Waals surface area contributed by atoms with Crippen molar-refractivity contribution >= 4 is 22.7 Å². The molecular formula is C13H17N3O2. The molecule has 0 aliphatic heterocycles. The van der Waals surface area contributed by atoms with Gasteiger partial charge >= 0.3 is 6.03 Å². The summed E-state index contributed by atoms with van der Waals surface area (Å²) in [5.74, 6) is 6.25. The lowest BCUT2D eigenvalue weighted by molar-refractivity contribution is 0.223. The molecule has 96 valence electrons. The van der Waals surface area contributed by atoms with Crippen molar-refractivity contribution in [3.05, 3.63) is 29.0 Å². The molecule has 0 aliphatic rings. The monoisotopic (exact) mass is 247 g/mol. The highest BCUT2D eigenvalue weighted by atomic mass is 16.3. The van der Waals surface area contributed by atoms with E-state index < -0.39 is 0 Å². The first-order valence-electron chi connectivity index (χ1n) is 5.70. The average molecular weight is 247 g/mol. The van der Waals surface area contributed by atoms with Crippen LogP contribution in [0, 0.1) is 20.8 Å². The van der Waals surface area contributed by atoms with E-state index in [4.69, 9.17) is 10.3 Å². The van der Waals surface area contributed by atoms with Crippen LogP contribution in [0.3, 0.4) is 0 Å². The highest BCUT2D eigenvalue weighted by Gasteiger charge is 2.13. The summed E-state index contributed by atoms with van der Waals surface area (Å²) in [5.41, 5.74) is 3.58. The summed E-state index contributed by atoms with van der Waals surface area (Å²) in [6.45, 7) is 5.81. The van der Waals surface area contributed by atoms with E-state index in [1.54, 1.807) is 0 Å². The molecule has 3 N–H and O–H groups in total. The summed E-state index contributed by atoms with van der Waals surface area (Å²) in [7, 11) is 1.50. The van der Waals surface area contributed by atoms with Gasteiger partial charge in [0.05, 0.1) is 0 Å². The van der Waals surface area contributed by atoms with Gasteiger partial charge in [-0.2, -0.15) is 0 Å². The maximum Gasteiger partial charge on any atom is 0.335 e. The molecule has 5 heteroatoms. The Balaban J connectivity index is 2.52. The predicted octanol–water partition coefficient (Wildman–Crippen LogP) is 2.70. The molecule has 0 saturated heterocycles. The highest BCUT2D eigenvalue weighted by molar-refractivity contribution is 5.96. The van der Waals surface area contributed by atoms with E-state index in [0.717, 1.165) is 38.6 Å². The largest absolute Gasteiger partial charge is 0.461 e. The van der Waals surface area contributed by atoms with E-state index in [1.165, 1.54) is 7.05 Å². The number of aryl methyl sites for hydroxylation is 3. The molecule has 2 aromatic rings. The van der Waals surface area contributed by atoms with Gasteiger partial charge < -0.3 is 9.73 Å². The first kappa shape index (κ1) is 12.4. The van der Waals surface area contributed by atoms with Crippen LogP contribution >= 0.6 is 0 Å². The van der Waals surface area contributed by atoms with Gasteiger partial charge in [0.15, 0.2) is 0 Å². The van der Waals surface area contributed by atoms with Crippen molar-refractivity contribution in [2.45, 2.75) is 20.8 Å². The summed E-state index contributed by atoms with van der Waals surface area (Å²) < 4.78 is 5.64. The molecule has 2 amide bonds. The summed E-state index contributed by atoms with van der Waals surface area (Å²) in [6.07, 6.45) is 0. The molecule has 1 heterocycles. The zero-order valence-electron chi connectivity index (χ0n) is 11.0. The highest BCUT2D eigenvalue weighted by Crippen LogP contribution is 2.31. The Morgan fingerprint density at radius 3 is 2.61 bits per heavy atom. The third-order valence-corrected chi connectivity index (χ3v) is 2.94. The number of nitrogens with two attached hydrogens (primary N) is 1. The van der Waals surface area contributed by atoms with Crippen molar-refractivity contribution in [2.75, 3.05) is 12.4 Å². The Labute approximate surface area is 106 Å². The molecule has 1 aromatic heterocycles. The minimum atomic E-state index is -0.350. The molecule has 0 aliphatic carbocycles. The zero-order chi connectivity index (χ0) is 13.4. The van der Waals surface area contributed by atoms with Crippen LogP contribution in [0.5, 0.6) is 0 Å². The van der Waals surface area contributed by atoms with Crippen molar-refractivity contribution in [3.8, 4) is 0 Å². The van der Waals surface area contributed by atoms with Crippen LogP contribution in [0.1, 0.15) is 16.9 Å². The zero-order valence-corrected chi connectivity index (χ0v) is 11.0. The molecule has 18 heavy (non-hydrogen) atoms. The van der Waals surface area contributed by atoms with Crippen LogP contribution in [0.4, 0.5) is 10.5 Å². The quantitative estimate of drug-likeness (QED) is 0.462. The number of nitrogens with zero attached hydrogens (tertiary/aromatic N) is 1. The fraction of sp³-hybridized carbons (Fsp3) is 0.308. The molecule has 0 saturated carbocycles. The Morgan fingerprint density at radius 2 is 2.00 bits per heavy atom. The Morgan fingerprint density at radius 1 is 1.33 bits per heavy atom. The third-order valence-electron chi connectivity index (χ3n) is 2.94. The number of anilines is 1. The molecule has 2 rings (SSSR count). The average Bonchev–Trinajstić information content (AvgIpc) is 2.68. The lowest BCUT2D eigenvalue weighted by Gasteiger charge is -2.14. The van der Waals surface area contributed by atoms with E-state index in [-0.39, 0.29) is 6.03 Å². The van der Waals surface area contributed by atoms with Crippen molar-refractivity contribution < 1.29 is 9.21 Å². The molecular weight excluding hydrogens is 230 g/mol. The Kier molecular flexibility index (Phi) is 3.00. The van der Waals surface area contributed by atoms with E-state index >= 15 is 0 Å². The maximum absolute atomic E-state index is 11.6. The van der Waals surface area contributed by atoms with Crippen LogP contribution in [0.25, 0.3) is 11.0 Å². The van der Waals surface area contributed by atoms with Crippen molar-refractivity contribution in [3.63, 3.8) is 0 Å². The van der Waals surface area contributed by atoms with E-state index in [2.05, 4.69) is 5.32 Å². The molecule has 0 radical (unpaired) electrons. The van der Waals surface area contributed by atoms with Gasteiger partial charge in [0, 0.05) is 18.1 Å². The van der Waals surface area contributed by atoms with Gasteiger partial charge in [0.25, 0.3) is 0 Å². The second kappa shape index (κ2) is 4.34. The summed E-state index contributed by atoms with van der Waals surface area (Å²) in [6, 6.07) is 3.51. The van der Waals surface area contributed by atoms with Gasteiger partial charge in [-0.1, -0.05) is 0 Å². The van der Waals surface area contributed by atoms with Crippen LogP contribution in [-0.4, -0.2) is 18.1 Å². The fourth-order valence-corrected chi connectivity index (χ4v) is 1.95. The van der Waals surface area contributed by atoms with E-state index in [0.29, 0.717) is 0 Å². The van der Waals surface area contributed by atoms with Crippen molar-refractivity contribution in [2.24, 2.45) is 5.84 Å². The fourth-order valence-electron chi connectivity index (χ4n) is 1.95. The number of fused-ring (bicyclic) bond motifs is 1. The Hall–Kier alpha value is -2.01. The minimum absolute atomic E-state index is 0.350. The molecule has 0 unspecified atom stereocenters. The topological polar surface area (TPSA) is 71.5 Å². The number of hydrogen-bond donors (Lipinski definition) is 2. The second-order valence-electron chi connectivity index (χ2n) is 4.51. The third kappa shape index (κ3) is 2.04. The molecule has 5 nitrogen and oxygen atoms in total. The van der Waals surface area contributed by atoms with Crippen LogP contribution in [0.15, 0.2) is 16.5 Å². The van der Waals surface area contributed by atoms with Gasteiger partial charge in [-0.05, 0) is 44.0 Å². The van der Waals surface area contributed by atoms with Gasteiger partial charge in [-0.15, -0.1) is 0 Å². The van der Waals surface area contributed by atoms with Crippen molar-refractivity contribution in [1.82, 2.24) is 5.01 Å². The van der Waals surface area contributed by atoms with Gasteiger partial charge in [-0.25, -0.2) is 10.6 Å². The SMILES string of the molecule is Cc1cc2c(C)c(NC(=O)N(C)N)cc(C)c2o1.